The second-order valence-electron chi connectivity index (χ2n) is 3.85. The fourth-order valence-corrected chi connectivity index (χ4v) is 0.931. The zero-order valence-electron chi connectivity index (χ0n) is 10.3. The van der Waals surface area contributed by atoms with E-state index in [2.05, 4.69) is 10.3 Å². The number of hydrogen-bond acceptors (Lipinski definition) is 3. The van der Waals surface area contributed by atoms with Gasteiger partial charge in [-0.1, -0.05) is 0 Å². The van der Waals surface area contributed by atoms with E-state index in [9.17, 15) is 4.79 Å². The summed E-state index contributed by atoms with van der Waals surface area (Å²) in [5.41, 5.74) is 5.55. The summed E-state index contributed by atoms with van der Waals surface area (Å²) >= 11 is 0. The van der Waals surface area contributed by atoms with Crippen LogP contribution in [0.2, 0.25) is 0 Å². The van der Waals surface area contributed by atoms with Gasteiger partial charge >= 0.3 is 5.97 Å². The van der Waals surface area contributed by atoms with E-state index in [0.29, 0.717) is 12.5 Å². The number of carbonyl (C=O) groups excluding carboxylic acids is 1. The summed E-state index contributed by atoms with van der Waals surface area (Å²) in [6.45, 7) is 7.92. The van der Waals surface area contributed by atoms with Crippen molar-refractivity contribution in [3.63, 3.8) is 0 Å². The molecule has 0 aliphatic heterocycles. The van der Waals surface area contributed by atoms with Crippen LogP contribution in [0, 0.1) is 0 Å². The zero-order chi connectivity index (χ0) is 11.8. The van der Waals surface area contributed by atoms with Crippen LogP contribution < -0.4 is 11.1 Å². The number of nitrogens with zero attached hydrogens (tertiary/aromatic N) is 1. The van der Waals surface area contributed by atoms with E-state index in [1.54, 1.807) is 0 Å². The number of guanidine groups is 1. The number of nitrogens with two attached hydrogens (primary N) is 1. The van der Waals surface area contributed by atoms with Crippen molar-refractivity contribution in [2.24, 2.45) is 10.7 Å². The van der Waals surface area contributed by atoms with E-state index >= 15 is 0 Å². The topological polar surface area (TPSA) is 76.7 Å². The molecule has 0 saturated heterocycles. The second kappa shape index (κ2) is 9.68. The zero-order valence-corrected chi connectivity index (χ0v) is 12.6. The summed E-state index contributed by atoms with van der Waals surface area (Å²) in [6.07, 6.45) is 0.186. The van der Waals surface area contributed by atoms with Gasteiger partial charge in [0.1, 0.15) is 0 Å². The van der Waals surface area contributed by atoms with Gasteiger partial charge < -0.3 is 15.8 Å². The molecule has 0 radical (unpaired) electrons. The van der Waals surface area contributed by atoms with E-state index in [4.69, 9.17) is 10.5 Å². The van der Waals surface area contributed by atoms with Crippen LogP contribution in [0.1, 0.15) is 34.1 Å². The number of halogens is 1. The Balaban J connectivity index is 0. The van der Waals surface area contributed by atoms with Gasteiger partial charge in [0.15, 0.2) is 5.96 Å². The molecule has 0 heterocycles. The third kappa shape index (κ3) is 11.5. The molecule has 5 nitrogen and oxygen atoms in total. The molecule has 3 N–H and O–H groups in total. The summed E-state index contributed by atoms with van der Waals surface area (Å²) in [5.74, 6) is 0.119. The lowest BCUT2D eigenvalue weighted by Crippen LogP contribution is -2.36. The van der Waals surface area contributed by atoms with Gasteiger partial charge in [-0.05, 0) is 27.7 Å². The minimum Gasteiger partial charge on any atom is -0.463 e. The lowest BCUT2D eigenvalue weighted by Gasteiger charge is -2.09. The molecule has 0 fully saturated rings. The fourth-order valence-electron chi connectivity index (χ4n) is 0.931. The Kier molecular flexibility index (Phi) is 10.8. The number of carbonyl (C=O) groups is 1. The van der Waals surface area contributed by atoms with Crippen LogP contribution in [0.4, 0.5) is 0 Å². The maximum absolute atomic E-state index is 11.1. The van der Waals surface area contributed by atoms with E-state index < -0.39 is 0 Å². The second-order valence-corrected chi connectivity index (χ2v) is 3.85. The van der Waals surface area contributed by atoms with Gasteiger partial charge in [-0.3, -0.25) is 9.79 Å². The van der Waals surface area contributed by atoms with Gasteiger partial charge in [0.25, 0.3) is 0 Å². The molecule has 6 heteroatoms. The Bertz CT molecular complexity index is 230. The number of ether oxygens (including phenoxy) is 1. The Morgan fingerprint density at radius 2 is 1.94 bits per heavy atom. The monoisotopic (exact) mass is 343 g/mol. The maximum atomic E-state index is 11.1. The van der Waals surface area contributed by atoms with E-state index in [1.165, 1.54) is 0 Å². The van der Waals surface area contributed by atoms with Crippen molar-refractivity contribution in [3.8, 4) is 0 Å². The SMILES string of the molecule is CC(C)NC(N)=NCCC(=O)OC(C)C.I. The van der Waals surface area contributed by atoms with Crippen molar-refractivity contribution >= 4 is 35.9 Å². The number of hydrogen-bond donors (Lipinski definition) is 2. The first-order valence-corrected chi connectivity index (χ1v) is 5.17. The van der Waals surface area contributed by atoms with Crippen molar-refractivity contribution in [2.75, 3.05) is 6.54 Å². The summed E-state index contributed by atoms with van der Waals surface area (Å²) in [5, 5.41) is 2.93. The standard InChI is InChI=1S/C10H21N3O2.HI/c1-7(2)13-10(11)12-6-5-9(14)15-8(3)4;/h7-8H,5-6H2,1-4H3,(H3,11,12,13);1H. The molecular weight excluding hydrogens is 321 g/mol. The lowest BCUT2D eigenvalue weighted by atomic mass is 10.4. The molecule has 0 bridgehead atoms. The minimum absolute atomic E-state index is 0. The quantitative estimate of drug-likeness (QED) is 0.341. The largest absolute Gasteiger partial charge is 0.463 e. The maximum Gasteiger partial charge on any atom is 0.307 e. The predicted octanol–water partition coefficient (Wildman–Crippen LogP) is 1.26. The molecule has 0 amide bonds. The van der Waals surface area contributed by atoms with E-state index in [0.717, 1.165) is 0 Å². The molecule has 0 aliphatic carbocycles. The van der Waals surface area contributed by atoms with Crippen LogP contribution in [0.15, 0.2) is 4.99 Å². The third-order valence-corrected chi connectivity index (χ3v) is 1.40. The van der Waals surface area contributed by atoms with Crippen LogP contribution in [-0.4, -0.2) is 30.6 Å². The van der Waals surface area contributed by atoms with Gasteiger partial charge in [-0.15, -0.1) is 24.0 Å². The lowest BCUT2D eigenvalue weighted by molar-refractivity contribution is -0.147. The molecular formula is C10H22IN3O2. The molecule has 0 spiro atoms. The molecule has 0 unspecified atom stereocenters. The molecule has 96 valence electrons. The molecule has 0 atom stereocenters. The van der Waals surface area contributed by atoms with Gasteiger partial charge in [-0.25, -0.2) is 0 Å². The molecule has 0 aromatic heterocycles. The highest BCUT2D eigenvalue weighted by molar-refractivity contribution is 14.0. The first kappa shape index (κ1) is 17.9. The molecule has 0 saturated carbocycles. The van der Waals surface area contributed by atoms with Crippen LogP contribution >= 0.6 is 24.0 Å². The van der Waals surface area contributed by atoms with Crippen LogP contribution in [0.5, 0.6) is 0 Å². The molecule has 0 aromatic rings. The van der Waals surface area contributed by atoms with Crippen LogP contribution in [-0.2, 0) is 9.53 Å². The third-order valence-electron chi connectivity index (χ3n) is 1.40. The van der Waals surface area contributed by atoms with E-state index in [-0.39, 0.29) is 48.5 Å². The van der Waals surface area contributed by atoms with Crippen LogP contribution in [0.25, 0.3) is 0 Å². The van der Waals surface area contributed by atoms with Crippen molar-refractivity contribution in [3.05, 3.63) is 0 Å². The summed E-state index contributed by atoms with van der Waals surface area (Å²) in [7, 11) is 0. The van der Waals surface area contributed by atoms with Gasteiger partial charge in [0.05, 0.1) is 19.1 Å². The molecule has 16 heavy (non-hydrogen) atoms. The molecule has 0 rings (SSSR count). The van der Waals surface area contributed by atoms with Gasteiger partial charge in [-0.2, -0.15) is 0 Å². The summed E-state index contributed by atoms with van der Waals surface area (Å²) < 4.78 is 4.94. The number of nitrogens with one attached hydrogen (secondary N) is 1. The molecule has 0 aliphatic rings. The van der Waals surface area contributed by atoms with Crippen molar-refractivity contribution in [1.29, 1.82) is 0 Å². The highest BCUT2D eigenvalue weighted by Crippen LogP contribution is 1.93. The minimum atomic E-state index is -0.244. The normalized spacial score (nSPS) is 11.2. The average Bonchev–Trinajstić information content (AvgIpc) is 2.00. The van der Waals surface area contributed by atoms with Gasteiger partial charge in [0.2, 0.25) is 0 Å². The van der Waals surface area contributed by atoms with Crippen molar-refractivity contribution in [1.82, 2.24) is 5.32 Å². The summed E-state index contributed by atoms with van der Waals surface area (Å²) in [6, 6.07) is 0.247. The Hall–Kier alpha value is -0.530. The first-order valence-electron chi connectivity index (χ1n) is 5.17. The highest BCUT2D eigenvalue weighted by atomic mass is 127. The Morgan fingerprint density at radius 3 is 2.38 bits per heavy atom. The Labute approximate surface area is 114 Å². The number of esters is 1. The number of rotatable bonds is 5. The van der Waals surface area contributed by atoms with Crippen molar-refractivity contribution in [2.45, 2.75) is 46.3 Å². The highest BCUT2D eigenvalue weighted by Gasteiger charge is 2.04. The fraction of sp³-hybridized carbons (Fsp3) is 0.800. The average molecular weight is 343 g/mol. The van der Waals surface area contributed by atoms with Gasteiger partial charge in [0, 0.05) is 6.04 Å². The summed E-state index contributed by atoms with van der Waals surface area (Å²) in [4.78, 5) is 15.1. The smallest absolute Gasteiger partial charge is 0.307 e. The Morgan fingerprint density at radius 1 is 1.38 bits per heavy atom. The number of aliphatic imine (C=N–C) groups is 1. The first-order chi connectivity index (χ1) is 6.91. The predicted molar refractivity (Wildman–Crippen MR) is 76.0 cm³/mol. The van der Waals surface area contributed by atoms with Crippen molar-refractivity contribution < 1.29 is 9.53 Å². The van der Waals surface area contributed by atoms with Crippen LogP contribution in [0.3, 0.4) is 0 Å². The van der Waals surface area contributed by atoms with E-state index in [1.807, 2.05) is 27.7 Å². The molecule has 0 aromatic carbocycles.